The van der Waals surface area contributed by atoms with Gasteiger partial charge in [-0.1, -0.05) is 54.9 Å². The molecule has 0 radical (unpaired) electrons. The Bertz CT molecular complexity index is 2680. The molecule has 0 spiro atoms. The molecular formula is C48H44BCl2NS8. The van der Waals surface area contributed by atoms with Crippen LogP contribution < -0.4 is 15.7 Å². The lowest BCUT2D eigenvalue weighted by Crippen LogP contribution is -2.58. The van der Waals surface area contributed by atoms with Crippen LogP contribution >= 0.6 is 114 Å². The molecule has 10 heterocycles. The third kappa shape index (κ3) is 8.51. The Hall–Kier alpha value is -2.74. The normalized spacial score (nSPS) is 12.0. The van der Waals surface area contributed by atoms with E-state index in [4.69, 9.17) is 23.2 Å². The molecule has 0 saturated heterocycles. The van der Waals surface area contributed by atoms with Gasteiger partial charge in [0.15, 0.2) is 0 Å². The second-order valence-electron chi connectivity index (χ2n) is 15.0. The summed E-state index contributed by atoms with van der Waals surface area (Å²) in [4.78, 5) is 25.4. The molecule has 0 unspecified atom stereocenters. The summed E-state index contributed by atoms with van der Waals surface area (Å²) in [5.41, 5.74) is 8.74. The number of hydrogen-bond donors (Lipinski definition) is 0. The molecule has 0 atom stereocenters. The van der Waals surface area contributed by atoms with Gasteiger partial charge in [0.05, 0.1) is 19.8 Å². The molecule has 1 nitrogen and oxygen atoms in total. The predicted molar refractivity (Wildman–Crippen MR) is 282 cm³/mol. The SMILES string of the molecule is C.Cc1cc2c(s1)-c1sc(C)cc1N1B2c2cc(C)sc2-c2sc(C)cc21.Cc1ccc(-c2sc(C)cc2Cc2cc(C)sc2-c2ccc(C)s2)s1.Clc1ccccc1Cl. The topological polar surface area (TPSA) is 3.24 Å². The first-order chi connectivity index (χ1) is 28.3. The van der Waals surface area contributed by atoms with Crippen molar-refractivity contribution in [1.82, 2.24) is 0 Å². The highest BCUT2D eigenvalue weighted by Crippen LogP contribution is 2.53. The monoisotopic (exact) mass is 971 g/mol. The van der Waals surface area contributed by atoms with Crippen LogP contribution in [0, 0.1) is 55.4 Å². The van der Waals surface area contributed by atoms with E-state index in [1.807, 2.05) is 103 Å². The number of benzene rings is 1. The van der Waals surface area contributed by atoms with E-state index in [2.05, 4.69) is 121 Å². The zero-order valence-electron chi connectivity index (χ0n) is 33.8. The molecule has 2 aliphatic rings. The zero-order chi connectivity index (χ0) is 41.3. The van der Waals surface area contributed by atoms with Crippen LogP contribution in [-0.2, 0) is 6.42 Å². The molecule has 1 aromatic carbocycles. The molecule has 306 valence electrons. The fourth-order valence-electron chi connectivity index (χ4n) is 7.94. The number of nitrogens with zero attached hydrogens (tertiary/aromatic N) is 1. The molecule has 0 fully saturated rings. The van der Waals surface area contributed by atoms with Gasteiger partial charge in [-0.2, -0.15) is 0 Å². The molecule has 60 heavy (non-hydrogen) atoms. The average Bonchev–Trinajstić information content (AvgIpc) is 4.04. The first-order valence-corrected chi connectivity index (χ1v) is 26.5. The number of anilines is 2. The number of thiophene rings is 8. The summed E-state index contributed by atoms with van der Waals surface area (Å²) in [7, 11) is 0. The smallest absolute Gasteiger partial charge is 0.331 e. The lowest BCUT2D eigenvalue weighted by Gasteiger charge is -2.38. The maximum atomic E-state index is 5.58. The number of rotatable bonds is 4. The van der Waals surface area contributed by atoms with Crippen LogP contribution in [0.4, 0.5) is 11.4 Å². The zero-order valence-corrected chi connectivity index (χ0v) is 41.9. The van der Waals surface area contributed by atoms with Crippen molar-refractivity contribution in [2.75, 3.05) is 4.81 Å². The van der Waals surface area contributed by atoms with Crippen molar-refractivity contribution in [3.8, 4) is 39.0 Å². The summed E-state index contributed by atoms with van der Waals surface area (Å²) in [6, 6.07) is 30.6. The molecule has 0 saturated carbocycles. The van der Waals surface area contributed by atoms with Gasteiger partial charge in [0.25, 0.3) is 0 Å². The molecule has 0 N–H and O–H groups in total. The summed E-state index contributed by atoms with van der Waals surface area (Å²) in [6.07, 6.45) is 1.02. The van der Waals surface area contributed by atoms with Crippen LogP contribution in [0.15, 0.2) is 84.9 Å². The van der Waals surface area contributed by atoms with Gasteiger partial charge in [0.1, 0.15) is 0 Å². The van der Waals surface area contributed by atoms with Crippen LogP contribution in [0.25, 0.3) is 39.0 Å². The Kier molecular flexibility index (Phi) is 13.0. The van der Waals surface area contributed by atoms with Gasteiger partial charge < -0.3 is 4.81 Å². The second kappa shape index (κ2) is 17.8. The van der Waals surface area contributed by atoms with E-state index < -0.39 is 0 Å². The largest absolute Gasteiger partial charge is 0.374 e. The Morgan fingerprint density at radius 2 is 0.783 bits per heavy atom. The van der Waals surface area contributed by atoms with Crippen LogP contribution in [0.1, 0.15) is 57.6 Å². The van der Waals surface area contributed by atoms with Gasteiger partial charge in [0, 0.05) is 86.1 Å². The van der Waals surface area contributed by atoms with Gasteiger partial charge in [0.2, 0.25) is 0 Å². The van der Waals surface area contributed by atoms with Crippen LogP contribution in [0.2, 0.25) is 10.0 Å². The molecule has 0 aliphatic carbocycles. The van der Waals surface area contributed by atoms with Crippen molar-refractivity contribution in [3.05, 3.63) is 145 Å². The molecule has 8 aromatic heterocycles. The number of halogens is 2. The molecule has 12 heteroatoms. The van der Waals surface area contributed by atoms with E-state index in [9.17, 15) is 0 Å². The maximum absolute atomic E-state index is 5.58. The maximum Gasteiger partial charge on any atom is 0.331 e. The van der Waals surface area contributed by atoms with E-state index in [1.54, 1.807) is 12.1 Å². The van der Waals surface area contributed by atoms with Crippen molar-refractivity contribution in [3.63, 3.8) is 0 Å². The van der Waals surface area contributed by atoms with Crippen molar-refractivity contribution < 1.29 is 0 Å². The van der Waals surface area contributed by atoms with E-state index in [0.29, 0.717) is 16.9 Å². The number of hydrogen-bond acceptors (Lipinski definition) is 9. The van der Waals surface area contributed by atoms with Crippen molar-refractivity contribution in [1.29, 1.82) is 0 Å². The van der Waals surface area contributed by atoms with Crippen molar-refractivity contribution in [2.24, 2.45) is 0 Å². The highest BCUT2D eigenvalue weighted by atomic mass is 35.5. The Morgan fingerprint density at radius 3 is 1.17 bits per heavy atom. The van der Waals surface area contributed by atoms with Crippen molar-refractivity contribution in [2.45, 2.75) is 69.2 Å². The quantitative estimate of drug-likeness (QED) is 0.159. The van der Waals surface area contributed by atoms with Gasteiger partial charge in [-0.15, -0.1) is 90.7 Å². The first kappa shape index (κ1) is 43.9. The average molecular weight is 973 g/mol. The molecule has 0 bridgehead atoms. The standard InChI is InChI=1S/C21H20S4.C20H16BNS4.C6H4Cl2.CH4/c1-12-5-7-18(22-12)20-16(9-14(3)24-20)11-17-10-15(4)25-21(17)19-8-6-13(2)23-19;1-9-5-13-17(23-9)19-15(7-11(3)25-19)22-16-8-12(4)26-20(16)18-14(21(13)22)6-10(2)24-18;7-5-3-1-2-4-6(5)8;/h5-10H,11H2,1-4H3;5-8H,1-4H3;1-4H;1H4. The summed E-state index contributed by atoms with van der Waals surface area (Å²) >= 11 is 26.6. The van der Waals surface area contributed by atoms with Gasteiger partial charge in [-0.05, 0) is 138 Å². The second-order valence-corrected chi connectivity index (χ2v) is 26.0. The lowest BCUT2D eigenvalue weighted by atomic mass is 9.46. The predicted octanol–water partition coefficient (Wildman–Crippen LogP) is 17.8. The molecule has 0 amide bonds. The van der Waals surface area contributed by atoms with Crippen LogP contribution in [0.5, 0.6) is 0 Å². The fourth-order valence-corrected chi connectivity index (χ4v) is 16.7. The minimum atomic E-state index is 0. The fraction of sp³-hybridized carbons (Fsp3) is 0.208. The summed E-state index contributed by atoms with van der Waals surface area (Å²) in [6.45, 7) is 18.1. The summed E-state index contributed by atoms with van der Waals surface area (Å²) in [5, 5.41) is 1.21. The van der Waals surface area contributed by atoms with E-state index in [0.717, 1.165) is 6.42 Å². The van der Waals surface area contributed by atoms with E-state index in [1.165, 1.54) is 111 Å². The Labute approximate surface area is 397 Å². The minimum Gasteiger partial charge on any atom is -0.374 e. The van der Waals surface area contributed by atoms with E-state index >= 15 is 0 Å². The van der Waals surface area contributed by atoms with Gasteiger partial charge in [-0.25, -0.2) is 0 Å². The Morgan fingerprint density at radius 1 is 0.417 bits per heavy atom. The van der Waals surface area contributed by atoms with Crippen molar-refractivity contribution >= 4 is 143 Å². The molecule has 11 rings (SSSR count). The first-order valence-electron chi connectivity index (χ1n) is 19.2. The molecular weight excluding hydrogens is 929 g/mol. The number of aryl methyl sites for hydroxylation is 8. The third-order valence-corrected chi connectivity index (χ3v) is 20.1. The molecule has 2 aliphatic heterocycles. The minimum absolute atomic E-state index is 0. The van der Waals surface area contributed by atoms with E-state index in [-0.39, 0.29) is 7.43 Å². The third-order valence-electron chi connectivity index (χ3n) is 10.2. The highest BCUT2D eigenvalue weighted by Gasteiger charge is 2.45. The van der Waals surface area contributed by atoms with Crippen LogP contribution in [-0.4, -0.2) is 6.85 Å². The molecule has 9 aromatic rings. The summed E-state index contributed by atoms with van der Waals surface area (Å²) in [5.74, 6) is 0. The lowest BCUT2D eigenvalue weighted by molar-refractivity contribution is 1.23. The van der Waals surface area contributed by atoms with Gasteiger partial charge >= 0.3 is 6.85 Å². The van der Waals surface area contributed by atoms with Crippen LogP contribution in [0.3, 0.4) is 0 Å². The van der Waals surface area contributed by atoms with Gasteiger partial charge in [-0.3, -0.25) is 0 Å². The summed E-state index contributed by atoms with van der Waals surface area (Å²) < 4.78 is 0. The number of fused-ring (bicyclic) bond motifs is 11. The Balaban J connectivity index is 0.000000139. The highest BCUT2D eigenvalue weighted by molar-refractivity contribution is 7.27.